The first-order valence-corrected chi connectivity index (χ1v) is 13.6. The lowest BCUT2D eigenvalue weighted by Crippen LogP contribution is -2.34. The zero-order valence-electron chi connectivity index (χ0n) is 20.8. The van der Waals surface area contributed by atoms with E-state index in [4.69, 9.17) is 10.5 Å². The number of nitrogens with two attached hydrogens (primary N) is 1. The van der Waals surface area contributed by atoms with Crippen molar-refractivity contribution in [1.82, 2.24) is 14.5 Å². The number of nitrogen functional groups attached to an aromatic ring is 1. The van der Waals surface area contributed by atoms with E-state index in [-0.39, 0.29) is 17.0 Å². The average Bonchev–Trinajstić information content (AvgIpc) is 3.36. The SMILES string of the molecule is CC(C)(C)c1ccc(CC(=O)CCCS(=O)C[C@H]2O[C@@H](n3cnc4c(N)ccnc43)[C@H](O)[C@@H]2O)cc1. The molecule has 1 fully saturated rings. The minimum Gasteiger partial charge on any atom is -0.397 e. The molecular formula is C26H34N4O5S. The van der Waals surface area contributed by atoms with Gasteiger partial charge in [0.15, 0.2) is 11.9 Å². The first-order chi connectivity index (χ1) is 17.0. The number of fused-ring (bicyclic) bond motifs is 1. The Morgan fingerprint density at radius 3 is 2.56 bits per heavy atom. The molecule has 1 unspecified atom stereocenters. The standard InChI is InChI=1S/C26H34N4O5S/c1-26(2,3)17-8-6-16(7-9-17)13-18(31)5-4-12-36(34)14-20-22(32)23(33)25(35-20)30-15-29-21-19(27)10-11-28-24(21)30/h6-11,15,20,22-23,25,32-33H,4-5,12-14H2,1-3H3,(H2,27,28)/t20-,22-,23-,25-,36?/m1/s1. The maximum absolute atomic E-state index is 12.7. The molecule has 4 N–H and O–H groups in total. The normalized spacial score (nSPS) is 23.2. The van der Waals surface area contributed by atoms with E-state index in [0.717, 1.165) is 5.56 Å². The number of anilines is 1. The fourth-order valence-corrected chi connectivity index (χ4v) is 5.65. The number of pyridine rings is 1. The number of ketones is 1. The monoisotopic (exact) mass is 514 g/mol. The molecule has 0 spiro atoms. The Morgan fingerprint density at radius 1 is 1.14 bits per heavy atom. The van der Waals surface area contributed by atoms with Crippen LogP contribution in [0, 0.1) is 0 Å². The number of aliphatic hydroxyl groups is 2. The maximum atomic E-state index is 12.7. The summed E-state index contributed by atoms with van der Waals surface area (Å²) in [7, 11) is -1.32. The van der Waals surface area contributed by atoms with Crippen molar-refractivity contribution in [3.8, 4) is 0 Å². The summed E-state index contributed by atoms with van der Waals surface area (Å²) >= 11 is 0. The van der Waals surface area contributed by atoms with Gasteiger partial charge in [0, 0.05) is 35.6 Å². The summed E-state index contributed by atoms with van der Waals surface area (Å²) in [6.45, 7) is 6.45. The summed E-state index contributed by atoms with van der Waals surface area (Å²) in [5, 5.41) is 21.1. The number of aliphatic hydroxyl groups excluding tert-OH is 2. The molecule has 4 rings (SSSR count). The molecule has 0 radical (unpaired) electrons. The van der Waals surface area contributed by atoms with Crippen LogP contribution in [-0.2, 0) is 32.2 Å². The van der Waals surface area contributed by atoms with Crippen LogP contribution in [0.1, 0.15) is 51.0 Å². The van der Waals surface area contributed by atoms with E-state index < -0.39 is 35.3 Å². The second-order valence-corrected chi connectivity index (χ2v) is 12.0. The minimum absolute atomic E-state index is 0.0549. The van der Waals surface area contributed by atoms with Gasteiger partial charge in [0.2, 0.25) is 0 Å². The van der Waals surface area contributed by atoms with Crippen molar-refractivity contribution in [2.75, 3.05) is 17.2 Å². The molecule has 0 aliphatic carbocycles. The molecule has 2 aromatic heterocycles. The third kappa shape index (κ3) is 5.83. The quantitative estimate of drug-likeness (QED) is 0.395. The number of rotatable bonds is 9. The summed E-state index contributed by atoms with van der Waals surface area (Å²) in [5.74, 6) is 0.468. The molecular weight excluding hydrogens is 480 g/mol. The van der Waals surface area contributed by atoms with Crippen molar-refractivity contribution < 1.29 is 24.0 Å². The van der Waals surface area contributed by atoms with Crippen LogP contribution < -0.4 is 5.73 Å². The van der Waals surface area contributed by atoms with Gasteiger partial charge in [0.05, 0.1) is 17.8 Å². The minimum atomic E-state index is -1.32. The van der Waals surface area contributed by atoms with Crippen LogP contribution >= 0.6 is 0 Å². The van der Waals surface area contributed by atoms with Gasteiger partial charge >= 0.3 is 0 Å². The smallest absolute Gasteiger partial charge is 0.165 e. The molecule has 1 aliphatic rings. The van der Waals surface area contributed by atoms with Crippen LogP contribution in [0.15, 0.2) is 42.9 Å². The van der Waals surface area contributed by atoms with E-state index in [1.54, 1.807) is 6.07 Å². The first-order valence-electron chi connectivity index (χ1n) is 12.1. The van der Waals surface area contributed by atoms with Crippen molar-refractivity contribution in [3.05, 3.63) is 54.0 Å². The molecule has 1 aromatic carbocycles. The molecule has 3 aromatic rings. The number of ether oxygens (including phenoxy) is 1. The molecule has 1 aliphatic heterocycles. The van der Waals surface area contributed by atoms with Crippen molar-refractivity contribution in [3.63, 3.8) is 0 Å². The molecule has 194 valence electrons. The molecule has 9 nitrogen and oxygen atoms in total. The number of aromatic nitrogens is 3. The molecule has 0 bridgehead atoms. The predicted octanol–water partition coefficient (Wildman–Crippen LogP) is 2.27. The maximum Gasteiger partial charge on any atom is 0.165 e. The predicted molar refractivity (Wildman–Crippen MR) is 139 cm³/mol. The van der Waals surface area contributed by atoms with Gasteiger partial charge in [-0.3, -0.25) is 13.6 Å². The molecule has 36 heavy (non-hydrogen) atoms. The molecule has 1 saturated heterocycles. The Bertz CT molecular complexity index is 1240. The summed E-state index contributed by atoms with van der Waals surface area (Å²) in [4.78, 5) is 20.9. The Labute approximate surface area is 213 Å². The van der Waals surface area contributed by atoms with Crippen LogP contribution in [-0.4, -0.2) is 64.6 Å². The highest BCUT2D eigenvalue weighted by Gasteiger charge is 2.44. The Balaban J connectivity index is 1.26. The number of imidazole rings is 1. The first kappa shape index (κ1) is 26.4. The van der Waals surface area contributed by atoms with Crippen LogP contribution in [0.25, 0.3) is 11.2 Å². The number of hydrogen-bond donors (Lipinski definition) is 3. The van der Waals surface area contributed by atoms with E-state index in [1.165, 1.54) is 22.7 Å². The van der Waals surface area contributed by atoms with Gasteiger partial charge < -0.3 is 20.7 Å². The van der Waals surface area contributed by atoms with Gasteiger partial charge in [0.25, 0.3) is 0 Å². The molecule has 0 saturated carbocycles. The van der Waals surface area contributed by atoms with Crippen molar-refractivity contribution >= 4 is 33.4 Å². The summed E-state index contributed by atoms with van der Waals surface area (Å²) in [6, 6.07) is 9.72. The van der Waals surface area contributed by atoms with Crippen molar-refractivity contribution in [2.24, 2.45) is 0 Å². The zero-order chi connectivity index (χ0) is 26.0. The highest BCUT2D eigenvalue weighted by molar-refractivity contribution is 7.85. The Hall–Kier alpha value is -2.66. The van der Waals surface area contributed by atoms with Gasteiger partial charge in [-0.1, -0.05) is 45.0 Å². The Kier molecular flexibility index (Phi) is 7.89. The number of carbonyl (C=O) groups excluding carboxylic acids is 1. The fraction of sp³-hybridized carbons (Fsp3) is 0.500. The topological polar surface area (TPSA) is 141 Å². The van der Waals surface area contributed by atoms with Gasteiger partial charge in [-0.05, 0) is 29.0 Å². The third-order valence-electron chi connectivity index (χ3n) is 6.50. The van der Waals surface area contributed by atoms with Gasteiger partial charge in [0.1, 0.15) is 29.6 Å². The Morgan fingerprint density at radius 2 is 1.86 bits per heavy atom. The van der Waals surface area contributed by atoms with E-state index in [0.29, 0.717) is 41.9 Å². The van der Waals surface area contributed by atoms with Crippen LogP contribution in [0.4, 0.5) is 5.69 Å². The highest BCUT2D eigenvalue weighted by Crippen LogP contribution is 2.32. The highest BCUT2D eigenvalue weighted by atomic mass is 32.2. The molecule has 10 heteroatoms. The van der Waals surface area contributed by atoms with Crippen LogP contribution in [0.3, 0.4) is 0 Å². The summed E-state index contributed by atoms with van der Waals surface area (Å²) in [6.07, 6.45) is -0.0376. The molecule has 5 atom stereocenters. The number of hydrogen-bond acceptors (Lipinski definition) is 8. The third-order valence-corrected chi connectivity index (χ3v) is 7.95. The van der Waals surface area contributed by atoms with Crippen molar-refractivity contribution in [2.45, 2.75) is 70.0 Å². The van der Waals surface area contributed by atoms with E-state index in [2.05, 4.69) is 42.9 Å². The molecule has 3 heterocycles. The summed E-state index contributed by atoms with van der Waals surface area (Å²) < 4.78 is 20.0. The van der Waals surface area contributed by atoms with Gasteiger partial charge in [-0.2, -0.15) is 0 Å². The lowest BCUT2D eigenvalue weighted by atomic mass is 9.86. The van der Waals surface area contributed by atoms with Gasteiger partial charge in [-0.15, -0.1) is 0 Å². The number of benzene rings is 1. The zero-order valence-corrected chi connectivity index (χ0v) is 21.6. The summed E-state index contributed by atoms with van der Waals surface area (Å²) in [5.41, 5.74) is 9.53. The number of carbonyl (C=O) groups is 1. The van der Waals surface area contributed by atoms with E-state index >= 15 is 0 Å². The number of Topliss-reactive ketones (excluding diaryl/α,β-unsaturated/α-hetero) is 1. The number of nitrogens with zero attached hydrogens (tertiary/aromatic N) is 3. The van der Waals surface area contributed by atoms with Crippen LogP contribution in [0.5, 0.6) is 0 Å². The lowest BCUT2D eigenvalue weighted by molar-refractivity contribution is -0.118. The second-order valence-electron chi connectivity index (χ2n) is 10.3. The second kappa shape index (κ2) is 10.8. The van der Waals surface area contributed by atoms with Crippen molar-refractivity contribution in [1.29, 1.82) is 0 Å². The lowest BCUT2D eigenvalue weighted by Gasteiger charge is -2.19. The average molecular weight is 515 g/mol. The largest absolute Gasteiger partial charge is 0.397 e. The van der Waals surface area contributed by atoms with Gasteiger partial charge in [-0.25, -0.2) is 9.97 Å². The molecule has 0 amide bonds. The van der Waals surface area contributed by atoms with E-state index in [1.807, 2.05) is 12.1 Å². The fourth-order valence-electron chi connectivity index (χ4n) is 4.37. The van der Waals surface area contributed by atoms with E-state index in [9.17, 15) is 19.2 Å². The van der Waals surface area contributed by atoms with Crippen LogP contribution in [0.2, 0.25) is 0 Å².